The summed E-state index contributed by atoms with van der Waals surface area (Å²) in [7, 11) is 0. The zero-order valence-electron chi connectivity index (χ0n) is 12.3. The second-order valence-electron chi connectivity index (χ2n) is 5.37. The van der Waals surface area contributed by atoms with Crippen LogP contribution in [0.2, 0.25) is 0 Å². The largest absolute Gasteiger partial charge is 0.379 e. The Balaban J connectivity index is 1.94. The predicted molar refractivity (Wildman–Crippen MR) is 77.7 cm³/mol. The van der Waals surface area contributed by atoms with Gasteiger partial charge < -0.3 is 10.1 Å². The molecule has 1 aromatic rings. The maximum Gasteiger partial charge on any atom is 0.251 e. The minimum Gasteiger partial charge on any atom is -0.379 e. The minimum absolute atomic E-state index is 0.0214. The summed E-state index contributed by atoms with van der Waals surface area (Å²) in [5.41, 5.74) is 0.632. The molecule has 0 saturated carbocycles. The molecule has 0 bridgehead atoms. The second-order valence-corrected chi connectivity index (χ2v) is 5.37. The van der Waals surface area contributed by atoms with Gasteiger partial charge in [0.05, 0.1) is 13.2 Å². The van der Waals surface area contributed by atoms with Crippen molar-refractivity contribution in [3.63, 3.8) is 0 Å². The number of ether oxygens (including phenoxy) is 1. The fourth-order valence-electron chi connectivity index (χ4n) is 2.44. The maximum absolute atomic E-state index is 12.1. The molecule has 0 unspecified atom stereocenters. The summed E-state index contributed by atoms with van der Waals surface area (Å²) in [6, 6.07) is 3.46. The molecule has 1 N–H and O–H groups in total. The Morgan fingerprint density at radius 3 is 2.65 bits per heavy atom. The monoisotopic (exact) mass is 277 g/mol. The van der Waals surface area contributed by atoms with Crippen molar-refractivity contribution in [2.45, 2.75) is 25.8 Å². The highest BCUT2D eigenvalue weighted by molar-refractivity contribution is 5.94. The molecule has 110 valence electrons. The quantitative estimate of drug-likeness (QED) is 0.882. The number of carbonyl (C=O) groups excluding carboxylic acids is 1. The lowest BCUT2D eigenvalue weighted by atomic mass is 9.95. The Morgan fingerprint density at radius 2 is 2.05 bits per heavy atom. The van der Waals surface area contributed by atoms with Gasteiger partial charge in [-0.1, -0.05) is 6.92 Å². The molecule has 1 fully saturated rings. The van der Waals surface area contributed by atoms with Crippen molar-refractivity contribution in [1.82, 2.24) is 15.2 Å². The van der Waals surface area contributed by atoms with Crippen LogP contribution in [0.4, 0.5) is 0 Å². The number of hydrogen-bond acceptors (Lipinski definition) is 4. The summed E-state index contributed by atoms with van der Waals surface area (Å²) in [5.74, 6) is -0.0414. The SMILES string of the molecule is CC[C@@](C)(CNC(=O)c1ccncc1)N1CCOCC1. The molecule has 2 heterocycles. The van der Waals surface area contributed by atoms with E-state index in [0.29, 0.717) is 12.1 Å². The highest BCUT2D eigenvalue weighted by Gasteiger charge is 2.31. The standard InChI is InChI=1S/C15H23N3O2/c1-3-15(2,18-8-10-20-11-9-18)12-17-14(19)13-4-6-16-7-5-13/h4-7H,3,8-12H2,1-2H3,(H,17,19)/t15-/m0/s1. The Kier molecular flexibility index (Phi) is 5.09. The number of hydrogen-bond donors (Lipinski definition) is 1. The second kappa shape index (κ2) is 6.81. The third-order valence-electron chi connectivity index (χ3n) is 4.11. The van der Waals surface area contributed by atoms with Gasteiger partial charge in [0.2, 0.25) is 0 Å². The van der Waals surface area contributed by atoms with Gasteiger partial charge in [-0.05, 0) is 25.5 Å². The number of nitrogens with zero attached hydrogens (tertiary/aromatic N) is 2. The van der Waals surface area contributed by atoms with Crippen molar-refractivity contribution in [3.8, 4) is 0 Å². The summed E-state index contributed by atoms with van der Waals surface area (Å²) in [5, 5.41) is 3.04. The molecule has 1 amide bonds. The molecule has 0 aromatic carbocycles. The van der Waals surface area contributed by atoms with Gasteiger partial charge in [0, 0.05) is 43.1 Å². The fourth-order valence-corrected chi connectivity index (χ4v) is 2.44. The molecule has 5 heteroatoms. The van der Waals surface area contributed by atoms with Crippen LogP contribution in [0.25, 0.3) is 0 Å². The van der Waals surface area contributed by atoms with Gasteiger partial charge >= 0.3 is 0 Å². The number of aromatic nitrogens is 1. The van der Waals surface area contributed by atoms with Crippen molar-refractivity contribution in [2.75, 3.05) is 32.8 Å². The number of carbonyl (C=O) groups is 1. The summed E-state index contributed by atoms with van der Waals surface area (Å²) in [4.78, 5) is 18.4. The molecule has 1 aliphatic heterocycles. The van der Waals surface area contributed by atoms with Crippen LogP contribution in [0, 0.1) is 0 Å². The Hall–Kier alpha value is -1.46. The average molecular weight is 277 g/mol. The summed E-state index contributed by atoms with van der Waals surface area (Å²) >= 11 is 0. The first-order valence-corrected chi connectivity index (χ1v) is 7.17. The molecule has 0 spiro atoms. The number of morpholine rings is 1. The molecule has 1 aromatic heterocycles. The normalized spacial score (nSPS) is 19.3. The van der Waals surface area contributed by atoms with E-state index in [1.807, 2.05) is 0 Å². The number of amides is 1. The zero-order chi connectivity index (χ0) is 14.4. The van der Waals surface area contributed by atoms with Gasteiger partial charge in [-0.25, -0.2) is 0 Å². The van der Waals surface area contributed by atoms with Crippen LogP contribution < -0.4 is 5.32 Å². The molecule has 5 nitrogen and oxygen atoms in total. The topological polar surface area (TPSA) is 54.5 Å². The van der Waals surface area contributed by atoms with Gasteiger partial charge in [0.1, 0.15) is 0 Å². The van der Waals surface area contributed by atoms with E-state index < -0.39 is 0 Å². The molecule has 1 aliphatic rings. The van der Waals surface area contributed by atoms with E-state index in [2.05, 4.69) is 29.0 Å². The zero-order valence-corrected chi connectivity index (χ0v) is 12.3. The first-order chi connectivity index (χ1) is 9.65. The lowest BCUT2D eigenvalue weighted by Gasteiger charge is -2.43. The molecule has 0 radical (unpaired) electrons. The molecule has 1 saturated heterocycles. The van der Waals surface area contributed by atoms with Crippen molar-refractivity contribution in [2.24, 2.45) is 0 Å². The Bertz CT molecular complexity index is 432. The predicted octanol–water partition coefficient (Wildman–Crippen LogP) is 1.31. The van der Waals surface area contributed by atoms with Gasteiger partial charge in [0.15, 0.2) is 0 Å². The Labute approximate surface area is 120 Å². The minimum atomic E-state index is -0.0414. The number of nitrogens with one attached hydrogen (secondary N) is 1. The highest BCUT2D eigenvalue weighted by atomic mass is 16.5. The lowest BCUT2D eigenvalue weighted by Crippen LogP contribution is -2.56. The van der Waals surface area contributed by atoms with Crippen LogP contribution in [0.5, 0.6) is 0 Å². The van der Waals surface area contributed by atoms with E-state index >= 15 is 0 Å². The van der Waals surface area contributed by atoms with Crippen molar-refractivity contribution < 1.29 is 9.53 Å². The van der Waals surface area contributed by atoms with Crippen LogP contribution in [0.15, 0.2) is 24.5 Å². The van der Waals surface area contributed by atoms with Crippen LogP contribution in [-0.2, 0) is 4.74 Å². The van der Waals surface area contributed by atoms with Crippen LogP contribution >= 0.6 is 0 Å². The molecule has 2 rings (SSSR count). The van der Waals surface area contributed by atoms with Crippen LogP contribution in [-0.4, -0.2) is 54.2 Å². The molecular weight excluding hydrogens is 254 g/mol. The summed E-state index contributed by atoms with van der Waals surface area (Å²) in [6.07, 6.45) is 4.26. The van der Waals surface area contributed by atoms with Crippen molar-refractivity contribution in [3.05, 3.63) is 30.1 Å². The Morgan fingerprint density at radius 1 is 1.40 bits per heavy atom. The average Bonchev–Trinajstić information content (AvgIpc) is 2.54. The van der Waals surface area contributed by atoms with E-state index in [1.54, 1.807) is 24.5 Å². The lowest BCUT2D eigenvalue weighted by molar-refractivity contribution is -0.0169. The van der Waals surface area contributed by atoms with E-state index in [-0.39, 0.29) is 11.4 Å². The maximum atomic E-state index is 12.1. The molecular formula is C15H23N3O2. The molecule has 20 heavy (non-hydrogen) atoms. The number of pyridine rings is 1. The van der Waals surface area contributed by atoms with Gasteiger partial charge in [0.25, 0.3) is 5.91 Å². The fraction of sp³-hybridized carbons (Fsp3) is 0.600. The van der Waals surface area contributed by atoms with Crippen LogP contribution in [0.3, 0.4) is 0 Å². The van der Waals surface area contributed by atoms with E-state index in [9.17, 15) is 4.79 Å². The highest BCUT2D eigenvalue weighted by Crippen LogP contribution is 2.20. The first-order valence-electron chi connectivity index (χ1n) is 7.17. The third kappa shape index (κ3) is 3.55. The number of rotatable bonds is 5. The third-order valence-corrected chi connectivity index (χ3v) is 4.11. The summed E-state index contributed by atoms with van der Waals surface area (Å²) in [6.45, 7) is 8.40. The van der Waals surface area contributed by atoms with Gasteiger partial charge in [-0.3, -0.25) is 14.7 Å². The van der Waals surface area contributed by atoms with Gasteiger partial charge in [-0.2, -0.15) is 0 Å². The van der Waals surface area contributed by atoms with Crippen molar-refractivity contribution in [1.29, 1.82) is 0 Å². The van der Waals surface area contributed by atoms with Crippen molar-refractivity contribution >= 4 is 5.91 Å². The van der Waals surface area contributed by atoms with Crippen LogP contribution in [0.1, 0.15) is 30.6 Å². The molecule has 1 atom stereocenters. The van der Waals surface area contributed by atoms with E-state index in [1.165, 1.54) is 0 Å². The molecule has 0 aliphatic carbocycles. The van der Waals surface area contributed by atoms with Gasteiger partial charge in [-0.15, -0.1) is 0 Å². The first kappa shape index (κ1) is 14.9. The van der Waals surface area contributed by atoms with E-state index in [4.69, 9.17) is 4.74 Å². The summed E-state index contributed by atoms with van der Waals surface area (Å²) < 4.78 is 5.40. The smallest absolute Gasteiger partial charge is 0.251 e. The van der Waals surface area contributed by atoms with E-state index in [0.717, 1.165) is 32.7 Å².